The summed E-state index contributed by atoms with van der Waals surface area (Å²) in [6, 6.07) is 11.9. The van der Waals surface area contributed by atoms with E-state index in [0.717, 1.165) is 19.6 Å². The highest BCUT2D eigenvalue weighted by Crippen LogP contribution is 2.34. The van der Waals surface area contributed by atoms with Crippen molar-refractivity contribution in [1.82, 2.24) is 4.90 Å². The number of benzene rings is 1. The van der Waals surface area contributed by atoms with Crippen LogP contribution < -0.4 is 4.90 Å². The van der Waals surface area contributed by atoms with Crippen molar-refractivity contribution in [3.8, 4) is 0 Å². The lowest BCUT2D eigenvalue weighted by Crippen LogP contribution is -2.49. The summed E-state index contributed by atoms with van der Waals surface area (Å²) in [5, 5.41) is 10.4. The van der Waals surface area contributed by atoms with Crippen molar-refractivity contribution >= 4 is 5.69 Å². The number of ether oxygens (including phenoxy) is 1. The average Bonchev–Trinajstić information content (AvgIpc) is 3.22. The maximum atomic E-state index is 10.4. The van der Waals surface area contributed by atoms with Gasteiger partial charge in [0.05, 0.1) is 18.8 Å². The highest BCUT2D eigenvalue weighted by molar-refractivity contribution is 5.49. The van der Waals surface area contributed by atoms with Gasteiger partial charge in [0.25, 0.3) is 0 Å². The molecule has 2 bridgehead atoms. The van der Waals surface area contributed by atoms with Gasteiger partial charge in [0.1, 0.15) is 0 Å². The fourth-order valence-electron chi connectivity index (χ4n) is 4.71. The molecule has 0 aromatic heterocycles. The Morgan fingerprint density at radius 2 is 1.83 bits per heavy atom. The molecule has 1 saturated carbocycles. The van der Waals surface area contributed by atoms with Gasteiger partial charge in [-0.05, 0) is 31.4 Å². The Kier molecular flexibility index (Phi) is 5.06. The van der Waals surface area contributed by atoms with Crippen molar-refractivity contribution < 1.29 is 9.84 Å². The van der Waals surface area contributed by atoms with E-state index in [1.807, 2.05) is 0 Å². The maximum absolute atomic E-state index is 10.4. The molecule has 3 fully saturated rings. The number of β-amino-alcohol motifs (C(OH)–C–C–N with tert-alkyl or cyclic N) is 1. The third kappa shape index (κ3) is 3.61. The average molecular weight is 330 g/mol. The first-order chi connectivity index (χ1) is 11.8. The lowest BCUT2D eigenvalue weighted by Gasteiger charge is -2.36. The highest BCUT2D eigenvalue weighted by atomic mass is 16.5. The fourth-order valence-corrected chi connectivity index (χ4v) is 4.71. The van der Waals surface area contributed by atoms with Crippen LogP contribution in [0.15, 0.2) is 30.3 Å². The predicted octanol–water partition coefficient (Wildman–Crippen LogP) is 2.66. The van der Waals surface area contributed by atoms with Crippen molar-refractivity contribution in [3.05, 3.63) is 30.3 Å². The van der Waals surface area contributed by atoms with Gasteiger partial charge < -0.3 is 14.7 Å². The normalized spacial score (nSPS) is 29.3. The van der Waals surface area contributed by atoms with Gasteiger partial charge in [-0.15, -0.1) is 0 Å². The van der Waals surface area contributed by atoms with Gasteiger partial charge in [0.15, 0.2) is 0 Å². The van der Waals surface area contributed by atoms with Crippen molar-refractivity contribution in [1.29, 1.82) is 0 Å². The zero-order valence-corrected chi connectivity index (χ0v) is 14.5. The SMILES string of the molecule is OC(COC1CCCCC1)CN1CC2CC1CN2c1ccccc1. The molecule has 1 aliphatic carbocycles. The van der Waals surface area contributed by atoms with Gasteiger partial charge in [-0.3, -0.25) is 4.90 Å². The Morgan fingerprint density at radius 1 is 1.04 bits per heavy atom. The lowest BCUT2D eigenvalue weighted by molar-refractivity contribution is -0.0348. The summed E-state index contributed by atoms with van der Waals surface area (Å²) in [5.74, 6) is 0. The number of anilines is 1. The molecule has 3 unspecified atom stereocenters. The Bertz CT molecular complexity index is 518. The van der Waals surface area contributed by atoms with E-state index in [-0.39, 0.29) is 6.10 Å². The number of likely N-dealkylation sites (tertiary alicyclic amines) is 1. The summed E-state index contributed by atoms with van der Waals surface area (Å²) in [4.78, 5) is 5.01. The van der Waals surface area contributed by atoms with E-state index >= 15 is 0 Å². The molecule has 1 aromatic rings. The summed E-state index contributed by atoms with van der Waals surface area (Å²) < 4.78 is 5.94. The Morgan fingerprint density at radius 3 is 2.54 bits per heavy atom. The van der Waals surface area contributed by atoms with Gasteiger partial charge in [-0.2, -0.15) is 0 Å². The van der Waals surface area contributed by atoms with Crippen LogP contribution in [-0.4, -0.2) is 60.5 Å². The molecule has 2 saturated heterocycles. The molecular weight excluding hydrogens is 300 g/mol. The number of hydrogen-bond donors (Lipinski definition) is 1. The summed E-state index contributed by atoms with van der Waals surface area (Å²) in [5.41, 5.74) is 1.34. The Hall–Kier alpha value is -1.10. The number of piperazine rings is 1. The van der Waals surface area contributed by atoms with Crippen LogP contribution in [0, 0.1) is 0 Å². The first-order valence-electron chi connectivity index (χ1n) is 9.65. The Labute approximate surface area is 145 Å². The van der Waals surface area contributed by atoms with Crippen molar-refractivity contribution in [2.75, 3.05) is 31.1 Å². The molecule has 0 amide bonds. The first kappa shape index (κ1) is 16.4. The first-order valence-corrected chi connectivity index (χ1v) is 9.65. The van der Waals surface area contributed by atoms with E-state index in [9.17, 15) is 5.11 Å². The molecule has 0 radical (unpaired) electrons. The zero-order chi connectivity index (χ0) is 16.4. The van der Waals surface area contributed by atoms with E-state index < -0.39 is 0 Å². The second-order valence-corrected chi connectivity index (χ2v) is 7.73. The molecule has 132 valence electrons. The third-order valence-electron chi connectivity index (χ3n) is 5.96. The van der Waals surface area contributed by atoms with Crippen LogP contribution in [0.25, 0.3) is 0 Å². The standard InChI is InChI=1S/C20H30N2O2/c23-19(15-24-20-9-5-2-6-10-20)14-21-12-18-11-17(21)13-22(18)16-7-3-1-4-8-16/h1,3-4,7-8,17-20,23H,2,5-6,9-15H2. The quantitative estimate of drug-likeness (QED) is 0.870. The molecule has 0 spiro atoms. The summed E-state index contributed by atoms with van der Waals surface area (Å²) in [6.07, 6.45) is 7.52. The Balaban J connectivity index is 1.23. The van der Waals surface area contributed by atoms with Crippen molar-refractivity contribution in [3.63, 3.8) is 0 Å². The topological polar surface area (TPSA) is 35.9 Å². The molecule has 4 heteroatoms. The molecule has 1 aromatic carbocycles. The van der Waals surface area contributed by atoms with Crippen LogP contribution in [0.3, 0.4) is 0 Å². The molecule has 2 heterocycles. The van der Waals surface area contributed by atoms with Crippen LogP contribution >= 0.6 is 0 Å². The smallest absolute Gasteiger partial charge is 0.0900 e. The van der Waals surface area contributed by atoms with Crippen LogP contribution in [0.1, 0.15) is 38.5 Å². The van der Waals surface area contributed by atoms with Gasteiger partial charge >= 0.3 is 0 Å². The number of para-hydroxylation sites is 1. The van der Waals surface area contributed by atoms with E-state index in [4.69, 9.17) is 4.74 Å². The van der Waals surface area contributed by atoms with Crippen LogP contribution in [0.5, 0.6) is 0 Å². The minimum atomic E-state index is -0.351. The fraction of sp³-hybridized carbons (Fsp3) is 0.700. The second kappa shape index (κ2) is 7.42. The minimum Gasteiger partial charge on any atom is -0.389 e. The van der Waals surface area contributed by atoms with Gasteiger partial charge in [0.2, 0.25) is 0 Å². The van der Waals surface area contributed by atoms with Crippen LogP contribution in [0.4, 0.5) is 5.69 Å². The monoisotopic (exact) mass is 330 g/mol. The lowest BCUT2D eigenvalue weighted by atomic mass is 9.98. The summed E-state index contributed by atoms with van der Waals surface area (Å²) in [6.45, 7) is 3.42. The largest absolute Gasteiger partial charge is 0.389 e. The molecule has 4 nitrogen and oxygen atoms in total. The molecule has 1 N–H and O–H groups in total. The molecule has 3 aliphatic rings. The number of nitrogens with zero attached hydrogens (tertiary/aromatic N) is 2. The molecule has 3 atom stereocenters. The van der Waals surface area contributed by atoms with Crippen LogP contribution in [-0.2, 0) is 4.74 Å². The van der Waals surface area contributed by atoms with E-state index in [1.54, 1.807) is 0 Å². The van der Waals surface area contributed by atoms with Crippen molar-refractivity contribution in [2.45, 2.75) is 62.8 Å². The summed E-state index contributed by atoms with van der Waals surface area (Å²) >= 11 is 0. The highest BCUT2D eigenvalue weighted by Gasteiger charge is 2.43. The zero-order valence-electron chi connectivity index (χ0n) is 14.5. The minimum absolute atomic E-state index is 0.351. The van der Waals surface area contributed by atoms with E-state index in [1.165, 1.54) is 44.2 Å². The molecule has 24 heavy (non-hydrogen) atoms. The van der Waals surface area contributed by atoms with Gasteiger partial charge in [-0.1, -0.05) is 37.5 Å². The number of fused-ring (bicyclic) bond motifs is 2. The maximum Gasteiger partial charge on any atom is 0.0900 e. The van der Waals surface area contributed by atoms with Gasteiger partial charge in [-0.25, -0.2) is 0 Å². The summed E-state index contributed by atoms with van der Waals surface area (Å²) in [7, 11) is 0. The van der Waals surface area contributed by atoms with Crippen molar-refractivity contribution in [2.24, 2.45) is 0 Å². The van der Waals surface area contributed by atoms with E-state index in [2.05, 4.69) is 40.1 Å². The molecular formula is C20H30N2O2. The third-order valence-corrected chi connectivity index (χ3v) is 5.96. The number of rotatable bonds is 6. The van der Waals surface area contributed by atoms with E-state index in [0.29, 0.717) is 24.8 Å². The number of aliphatic hydroxyl groups excluding tert-OH is 1. The predicted molar refractivity (Wildman–Crippen MR) is 96.4 cm³/mol. The van der Waals surface area contributed by atoms with Gasteiger partial charge in [0, 0.05) is 37.4 Å². The number of hydrogen-bond acceptors (Lipinski definition) is 4. The second-order valence-electron chi connectivity index (χ2n) is 7.73. The molecule has 4 rings (SSSR count). The molecule has 2 aliphatic heterocycles. The van der Waals surface area contributed by atoms with Crippen LogP contribution in [0.2, 0.25) is 0 Å². The number of aliphatic hydroxyl groups is 1.